The number of thioether (sulfide) groups is 1. The monoisotopic (exact) mass is 342 g/mol. The molecule has 1 aliphatic rings. The molecule has 1 aliphatic heterocycles. The third-order valence-corrected chi connectivity index (χ3v) is 5.07. The van der Waals surface area contributed by atoms with Gasteiger partial charge in [-0.25, -0.2) is 0 Å². The van der Waals surface area contributed by atoms with Gasteiger partial charge in [0.1, 0.15) is 0 Å². The van der Waals surface area contributed by atoms with E-state index in [1.54, 1.807) is 23.9 Å². The summed E-state index contributed by atoms with van der Waals surface area (Å²) in [7, 11) is 0. The van der Waals surface area contributed by atoms with Gasteiger partial charge in [-0.3, -0.25) is 14.9 Å². The fraction of sp³-hybridized carbons (Fsp3) is 0.278. The first-order valence-electron chi connectivity index (χ1n) is 7.84. The van der Waals surface area contributed by atoms with E-state index in [4.69, 9.17) is 0 Å². The van der Waals surface area contributed by atoms with Crippen molar-refractivity contribution in [1.29, 1.82) is 0 Å². The molecule has 2 aromatic rings. The van der Waals surface area contributed by atoms with E-state index in [0.717, 1.165) is 24.2 Å². The van der Waals surface area contributed by atoms with Gasteiger partial charge in [-0.1, -0.05) is 30.3 Å². The Morgan fingerprint density at radius 3 is 2.88 bits per heavy atom. The van der Waals surface area contributed by atoms with Gasteiger partial charge in [-0.15, -0.1) is 0 Å². The number of carbonyl (C=O) groups is 1. The lowest BCUT2D eigenvalue weighted by Gasteiger charge is -2.17. The Bertz CT molecular complexity index is 763. The molecule has 6 heteroatoms. The average Bonchev–Trinajstić information content (AvgIpc) is 3.03. The van der Waals surface area contributed by atoms with Gasteiger partial charge in [0.25, 0.3) is 5.69 Å². The van der Waals surface area contributed by atoms with Crippen LogP contribution in [0.1, 0.15) is 17.5 Å². The van der Waals surface area contributed by atoms with Crippen LogP contribution in [0.2, 0.25) is 0 Å². The van der Waals surface area contributed by atoms with Crippen LogP contribution in [0.25, 0.3) is 0 Å². The first-order valence-corrected chi connectivity index (χ1v) is 9.00. The largest absolute Gasteiger partial charge is 0.312 e. The van der Waals surface area contributed by atoms with E-state index in [-0.39, 0.29) is 16.5 Å². The number of fused-ring (bicyclic) bond motifs is 1. The molecule has 0 aromatic heterocycles. The van der Waals surface area contributed by atoms with E-state index in [9.17, 15) is 14.9 Å². The fourth-order valence-electron chi connectivity index (χ4n) is 2.84. The zero-order chi connectivity index (χ0) is 16.9. The minimum atomic E-state index is -0.386. The summed E-state index contributed by atoms with van der Waals surface area (Å²) in [6, 6.07) is 14.7. The van der Waals surface area contributed by atoms with Gasteiger partial charge in [-0.2, -0.15) is 11.8 Å². The molecule has 0 unspecified atom stereocenters. The van der Waals surface area contributed by atoms with E-state index >= 15 is 0 Å². The second kappa shape index (κ2) is 7.49. The number of hydrogen-bond acceptors (Lipinski definition) is 4. The molecule has 0 spiro atoms. The van der Waals surface area contributed by atoms with Crippen LogP contribution in [0.15, 0.2) is 48.5 Å². The van der Waals surface area contributed by atoms with Crippen LogP contribution >= 0.6 is 11.8 Å². The summed E-state index contributed by atoms with van der Waals surface area (Å²) in [6.07, 6.45) is 1.40. The molecule has 124 valence electrons. The van der Waals surface area contributed by atoms with Gasteiger partial charge in [0, 0.05) is 42.3 Å². The number of nitrogens with zero attached hydrogens (tertiary/aromatic N) is 2. The van der Waals surface area contributed by atoms with Crippen LogP contribution in [0.3, 0.4) is 0 Å². The topological polar surface area (TPSA) is 63.4 Å². The molecule has 5 nitrogen and oxygen atoms in total. The zero-order valence-electron chi connectivity index (χ0n) is 13.2. The summed E-state index contributed by atoms with van der Waals surface area (Å²) in [5, 5.41) is 10.8. The van der Waals surface area contributed by atoms with Gasteiger partial charge < -0.3 is 4.90 Å². The quantitative estimate of drug-likeness (QED) is 0.455. The van der Waals surface area contributed by atoms with Crippen molar-refractivity contribution in [3.8, 4) is 0 Å². The van der Waals surface area contributed by atoms with Crippen molar-refractivity contribution in [2.45, 2.75) is 18.6 Å². The Morgan fingerprint density at radius 2 is 2.04 bits per heavy atom. The summed E-state index contributed by atoms with van der Waals surface area (Å²) >= 11 is 1.63. The average molecular weight is 342 g/mol. The summed E-state index contributed by atoms with van der Waals surface area (Å²) in [6.45, 7) is 0.758. The highest BCUT2D eigenvalue weighted by molar-refractivity contribution is 7.98. The smallest absolute Gasteiger partial charge is 0.269 e. The number of amides is 1. The van der Waals surface area contributed by atoms with Crippen LogP contribution in [-0.2, 0) is 17.0 Å². The van der Waals surface area contributed by atoms with Gasteiger partial charge in [0.2, 0.25) is 5.91 Å². The van der Waals surface area contributed by atoms with Crippen molar-refractivity contribution in [3.05, 3.63) is 69.8 Å². The van der Waals surface area contributed by atoms with Gasteiger partial charge in [-0.05, 0) is 23.6 Å². The SMILES string of the molecule is O=C(CCSCc1cccc([N+](=O)[O-])c1)N1CCc2ccccc21. The molecule has 1 amide bonds. The Morgan fingerprint density at radius 1 is 1.21 bits per heavy atom. The molecule has 0 aliphatic carbocycles. The number of hydrogen-bond donors (Lipinski definition) is 0. The minimum Gasteiger partial charge on any atom is -0.312 e. The van der Waals surface area contributed by atoms with Crippen LogP contribution in [0, 0.1) is 10.1 Å². The third kappa shape index (κ3) is 3.76. The first-order chi connectivity index (χ1) is 11.6. The maximum absolute atomic E-state index is 12.4. The van der Waals surface area contributed by atoms with E-state index in [1.165, 1.54) is 11.6 Å². The Kier molecular flexibility index (Phi) is 5.15. The predicted molar refractivity (Wildman–Crippen MR) is 96.4 cm³/mol. The predicted octanol–water partition coefficient (Wildman–Crippen LogP) is 3.81. The van der Waals surface area contributed by atoms with E-state index < -0.39 is 0 Å². The highest BCUT2D eigenvalue weighted by atomic mass is 32.2. The molecule has 2 aromatic carbocycles. The Hall–Kier alpha value is -2.34. The highest BCUT2D eigenvalue weighted by Crippen LogP contribution is 2.28. The van der Waals surface area contributed by atoms with Crippen LogP contribution in [0.5, 0.6) is 0 Å². The third-order valence-electron chi connectivity index (χ3n) is 4.04. The number of para-hydroxylation sites is 1. The van der Waals surface area contributed by atoms with E-state index in [2.05, 4.69) is 6.07 Å². The number of carbonyl (C=O) groups excluding carboxylic acids is 1. The van der Waals surface area contributed by atoms with E-state index in [0.29, 0.717) is 17.9 Å². The van der Waals surface area contributed by atoms with Crippen molar-refractivity contribution in [1.82, 2.24) is 0 Å². The first kappa shape index (κ1) is 16.5. The maximum atomic E-state index is 12.4. The molecule has 0 atom stereocenters. The molecule has 0 saturated carbocycles. The second-order valence-electron chi connectivity index (χ2n) is 5.65. The standard InChI is InChI=1S/C18H18N2O3S/c21-18(19-10-8-15-5-1-2-7-17(15)19)9-11-24-13-14-4-3-6-16(12-14)20(22)23/h1-7,12H,8-11,13H2. The van der Waals surface area contributed by atoms with Crippen LogP contribution < -0.4 is 4.90 Å². The Labute approximate surface area is 144 Å². The molecule has 0 N–H and O–H groups in total. The maximum Gasteiger partial charge on any atom is 0.269 e. The molecule has 0 fully saturated rings. The highest BCUT2D eigenvalue weighted by Gasteiger charge is 2.23. The molecule has 0 saturated heterocycles. The van der Waals surface area contributed by atoms with Crippen molar-refractivity contribution >= 4 is 29.0 Å². The van der Waals surface area contributed by atoms with Crippen LogP contribution in [0.4, 0.5) is 11.4 Å². The lowest BCUT2D eigenvalue weighted by molar-refractivity contribution is -0.384. The van der Waals surface area contributed by atoms with Gasteiger partial charge in [0.05, 0.1) is 4.92 Å². The number of nitro benzene ring substituents is 1. The number of non-ortho nitro benzene ring substituents is 1. The summed E-state index contributed by atoms with van der Waals surface area (Å²) in [5.41, 5.74) is 3.28. The van der Waals surface area contributed by atoms with Crippen molar-refractivity contribution in [2.75, 3.05) is 17.2 Å². The van der Waals surface area contributed by atoms with Crippen molar-refractivity contribution < 1.29 is 9.72 Å². The lowest BCUT2D eigenvalue weighted by Crippen LogP contribution is -2.29. The molecular formula is C18H18N2O3S. The van der Waals surface area contributed by atoms with E-state index in [1.807, 2.05) is 29.2 Å². The fourth-order valence-corrected chi connectivity index (χ4v) is 3.72. The Balaban J connectivity index is 1.48. The second-order valence-corrected chi connectivity index (χ2v) is 6.76. The van der Waals surface area contributed by atoms with Crippen LogP contribution in [-0.4, -0.2) is 23.1 Å². The van der Waals surface area contributed by atoms with Crippen molar-refractivity contribution in [2.24, 2.45) is 0 Å². The molecule has 3 rings (SSSR count). The summed E-state index contributed by atoms with van der Waals surface area (Å²) in [5.74, 6) is 1.53. The number of rotatable bonds is 6. The molecule has 24 heavy (non-hydrogen) atoms. The molecular weight excluding hydrogens is 324 g/mol. The normalized spacial score (nSPS) is 12.9. The molecule has 0 radical (unpaired) electrons. The lowest BCUT2D eigenvalue weighted by atomic mass is 10.2. The van der Waals surface area contributed by atoms with Crippen molar-refractivity contribution in [3.63, 3.8) is 0 Å². The van der Waals surface area contributed by atoms with Gasteiger partial charge >= 0.3 is 0 Å². The summed E-state index contributed by atoms with van der Waals surface area (Å²) in [4.78, 5) is 24.6. The summed E-state index contributed by atoms with van der Waals surface area (Å²) < 4.78 is 0. The zero-order valence-corrected chi connectivity index (χ0v) is 14.0. The number of benzene rings is 2. The number of nitro groups is 1. The minimum absolute atomic E-state index is 0.109. The van der Waals surface area contributed by atoms with Gasteiger partial charge in [0.15, 0.2) is 0 Å². The number of anilines is 1. The molecule has 1 heterocycles. The molecule has 0 bridgehead atoms.